The molecule has 1 aromatic rings. The van der Waals surface area contributed by atoms with E-state index in [1.165, 1.54) is 17.7 Å². The van der Waals surface area contributed by atoms with Gasteiger partial charge in [-0.05, 0) is 63.3 Å². The van der Waals surface area contributed by atoms with Crippen LogP contribution in [-0.2, 0) is 16.0 Å². The average molecular weight is 404 g/mol. The number of thioether (sulfide) groups is 1. The molecule has 1 aliphatic rings. The third kappa shape index (κ3) is 14.0. The summed E-state index contributed by atoms with van der Waals surface area (Å²) in [5.74, 6) is 2.95. The molecule has 7 nitrogen and oxygen atoms in total. The first kappa shape index (κ1) is 27.4. The fourth-order valence-electron chi connectivity index (χ4n) is 2.34. The van der Waals surface area contributed by atoms with Gasteiger partial charge in [-0.15, -0.1) is 0 Å². The monoisotopic (exact) mass is 403 g/mol. The van der Waals surface area contributed by atoms with E-state index in [9.17, 15) is 0 Å². The predicted octanol–water partition coefficient (Wildman–Crippen LogP) is 2.59. The Kier molecular flexibility index (Phi) is 19.3. The van der Waals surface area contributed by atoms with Crippen LogP contribution >= 0.6 is 11.8 Å². The van der Waals surface area contributed by atoms with Gasteiger partial charge < -0.3 is 29.8 Å². The third-order valence-electron chi connectivity index (χ3n) is 3.30. The Labute approximate surface area is 166 Å². The van der Waals surface area contributed by atoms with Gasteiger partial charge in [0.1, 0.15) is 6.79 Å². The number of aliphatic hydroxyl groups excluding tert-OH is 1. The second-order valence-electron chi connectivity index (χ2n) is 5.56. The standard InChI is InChI=1S/C15H23NO2S.C2H6O.CH2O2.CH2O/c1-11(6-7-19-3)16-12(2)8-13-4-5-14-15(9-13)18-10-17-14;1-2-3;2-1-3;1-2/h4-5,9,11-12,16H,6-8,10H2,1-3H3;3H,2H2,1H3;1H,(H,2,3);1H2. The second-order valence-corrected chi connectivity index (χ2v) is 6.55. The molecule has 0 fully saturated rings. The van der Waals surface area contributed by atoms with Gasteiger partial charge in [0.15, 0.2) is 11.5 Å². The van der Waals surface area contributed by atoms with Crippen molar-refractivity contribution in [1.82, 2.24) is 5.32 Å². The first-order valence-electron chi connectivity index (χ1n) is 8.63. The van der Waals surface area contributed by atoms with E-state index >= 15 is 0 Å². The summed E-state index contributed by atoms with van der Waals surface area (Å²) in [7, 11) is 0. The minimum absolute atomic E-state index is 0.250. The van der Waals surface area contributed by atoms with Gasteiger partial charge in [0.05, 0.1) is 0 Å². The maximum absolute atomic E-state index is 8.36. The zero-order chi connectivity index (χ0) is 21.1. The largest absolute Gasteiger partial charge is 0.483 e. The van der Waals surface area contributed by atoms with E-state index in [0.717, 1.165) is 17.9 Å². The number of hydrogen-bond donors (Lipinski definition) is 3. The van der Waals surface area contributed by atoms with Gasteiger partial charge in [0.2, 0.25) is 6.79 Å². The predicted molar refractivity (Wildman–Crippen MR) is 110 cm³/mol. The molecular weight excluding hydrogens is 370 g/mol. The molecule has 2 atom stereocenters. The molecule has 0 radical (unpaired) electrons. The summed E-state index contributed by atoms with van der Waals surface area (Å²) >= 11 is 1.90. The molecule has 1 heterocycles. The quantitative estimate of drug-likeness (QED) is 0.597. The number of carbonyl (C=O) groups excluding carboxylic acids is 1. The van der Waals surface area contributed by atoms with E-state index < -0.39 is 0 Å². The normalized spacial score (nSPS) is 12.8. The molecule has 156 valence electrons. The Hall–Kier alpha value is -1.77. The van der Waals surface area contributed by atoms with Gasteiger partial charge >= 0.3 is 0 Å². The van der Waals surface area contributed by atoms with Crippen molar-refractivity contribution >= 4 is 25.0 Å². The molecule has 2 rings (SSSR count). The molecule has 0 bridgehead atoms. The minimum Gasteiger partial charge on any atom is -0.483 e. The van der Waals surface area contributed by atoms with Gasteiger partial charge in [-0.1, -0.05) is 6.07 Å². The van der Waals surface area contributed by atoms with E-state index in [2.05, 4.69) is 37.6 Å². The Morgan fingerprint density at radius 3 is 2.37 bits per heavy atom. The number of aliphatic hydroxyl groups is 1. The fraction of sp³-hybridized carbons (Fsp3) is 0.579. The molecule has 1 aromatic carbocycles. The fourth-order valence-corrected chi connectivity index (χ4v) is 2.93. The molecule has 0 spiro atoms. The lowest BCUT2D eigenvalue weighted by Gasteiger charge is -2.20. The zero-order valence-corrected chi connectivity index (χ0v) is 17.5. The van der Waals surface area contributed by atoms with Gasteiger partial charge in [-0.25, -0.2) is 0 Å². The van der Waals surface area contributed by atoms with Crippen LogP contribution in [0.5, 0.6) is 11.5 Å². The van der Waals surface area contributed by atoms with E-state index in [1.807, 2.05) is 24.6 Å². The molecule has 0 aromatic heterocycles. The van der Waals surface area contributed by atoms with Crippen LogP contribution in [0.4, 0.5) is 0 Å². The van der Waals surface area contributed by atoms with Crippen molar-refractivity contribution in [1.29, 1.82) is 0 Å². The zero-order valence-electron chi connectivity index (χ0n) is 16.6. The number of carbonyl (C=O) groups is 2. The minimum atomic E-state index is -0.250. The Morgan fingerprint density at radius 2 is 1.81 bits per heavy atom. The topological polar surface area (TPSA) is 105 Å². The number of ether oxygens (including phenoxy) is 2. The van der Waals surface area contributed by atoms with Crippen LogP contribution in [0.25, 0.3) is 0 Å². The number of rotatable bonds is 7. The lowest BCUT2D eigenvalue weighted by Crippen LogP contribution is -2.36. The van der Waals surface area contributed by atoms with Crippen molar-refractivity contribution in [3.8, 4) is 11.5 Å². The second kappa shape index (κ2) is 19.0. The van der Waals surface area contributed by atoms with Crippen LogP contribution in [0, 0.1) is 0 Å². The van der Waals surface area contributed by atoms with Crippen LogP contribution in [0.15, 0.2) is 18.2 Å². The van der Waals surface area contributed by atoms with Crippen molar-refractivity contribution in [3.05, 3.63) is 23.8 Å². The van der Waals surface area contributed by atoms with E-state index in [-0.39, 0.29) is 13.1 Å². The smallest absolute Gasteiger partial charge is 0.290 e. The maximum atomic E-state index is 8.36. The molecule has 0 aliphatic carbocycles. The maximum Gasteiger partial charge on any atom is 0.290 e. The summed E-state index contributed by atoms with van der Waals surface area (Å²) in [4.78, 5) is 16.4. The van der Waals surface area contributed by atoms with Crippen LogP contribution in [0.1, 0.15) is 32.8 Å². The van der Waals surface area contributed by atoms with Crippen molar-refractivity contribution in [2.24, 2.45) is 0 Å². The summed E-state index contributed by atoms with van der Waals surface area (Å²) in [6.45, 7) is 8.52. The lowest BCUT2D eigenvalue weighted by molar-refractivity contribution is -0.122. The third-order valence-corrected chi connectivity index (χ3v) is 3.95. The van der Waals surface area contributed by atoms with Gasteiger partial charge in [0.25, 0.3) is 6.47 Å². The highest BCUT2D eigenvalue weighted by molar-refractivity contribution is 7.98. The number of fused-ring (bicyclic) bond motifs is 1. The number of nitrogens with one attached hydrogen (secondary N) is 1. The van der Waals surface area contributed by atoms with Crippen molar-refractivity contribution in [3.63, 3.8) is 0 Å². The Bertz CT molecular complexity index is 489. The first-order valence-corrected chi connectivity index (χ1v) is 10.0. The number of carboxylic acid groups (broad SMARTS) is 1. The number of hydrogen-bond acceptors (Lipinski definition) is 7. The summed E-state index contributed by atoms with van der Waals surface area (Å²) < 4.78 is 10.7. The molecular formula is C19H33NO6S. The molecule has 0 saturated heterocycles. The van der Waals surface area contributed by atoms with E-state index in [4.69, 9.17) is 29.3 Å². The van der Waals surface area contributed by atoms with Crippen LogP contribution in [0.3, 0.4) is 0 Å². The van der Waals surface area contributed by atoms with Crippen molar-refractivity contribution in [2.75, 3.05) is 25.4 Å². The molecule has 0 amide bonds. The van der Waals surface area contributed by atoms with Crippen molar-refractivity contribution in [2.45, 2.75) is 45.7 Å². The molecule has 3 N–H and O–H groups in total. The van der Waals surface area contributed by atoms with Gasteiger partial charge in [-0.2, -0.15) is 11.8 Å². The highest BCUT2D eigenvalue weighted by Gasteiger charge is 2.14. The van der Waals surface area contributed by atoms with Crippen LogP contribution < -0.4 is 14.8 Å². The summed E-state index contributed by atoms with van der Waals surface area (Å²) in [6.07, 6.45) is 4.38. The van der Waals surface area contributed by atoms with Crippen LogP contribution in [0.2, 0.25) is 0 Å². The van der Waals surface area contributed by atoms with E-state index in [1.54, 1.807) is 6.92 Å². The van der Waals surface area contributed by atoms with Gasteiger partial charge in [0, 0.05) is 18.7 Å². The highest BCUT2D eigenvalue weighted by atomic mass is 32.2. The average Bonchev–Trinajstić information content (AvgIpc) is 3.10. The molecule has 2 unspecified atom stereocenters. The summed E-state index contributed by atoms with van der Waals surface area (Å²) in [6, 6.07) is 7.25. The van der Waals surface area contributed by atoms with E-state index in [0.29, 0.717) is 18.9 Å². The SMILES string of the molecule is C=O.CCO.CSCCC(C)NC(C)Cc1ccc2c(c1)OCO2.O=CO. The molecule has 27 heavy (non-hydrogen) atoms. The van der Waals surface area contributed by atoms with Crippen LogP contribution in [-0.4, -0.2) is 61.0 Å². The van der Waals surface area contributed by atoms with Gasteiger partial charge in [-0.3, -0.25) is 4.79 Å². The molecule has 8 heteroatoms. The Morgan fingerprint density at radius 1 is 1.26 bits per heavy atom. The lowest BCUT2D eigenvalue weighted by atomic mass is 10.1. The number of benzene rings is 1. The van der Waals surface area contributed by atoms with Crippen molar-refractivity contribution < 1.29 is 29.3 Å². The first-order chi connectivity index (χ1) is 13.0. The molecule has 1 aliphatic heterocycles. The Balaban J connectivity index is 0. The summed E-state index contributed by atoms with van der Waals surface area (Å²) in [5.41, 5.74) is 1.29. The highest BCUT2D eigenvalue weighted by Crippen LogP contribution is 2.32. The summed E-state index contributed by atoms with van der Waals surface area (Å²) in [5, 5.41) is 18.1. The molecule has 0 saturated carbocycles.